The van der Waals surface area contributed by atoms with Crippen molar-refractivity contribution < 1.29 is 4.74 Å². The van der Waals surface area contributed by atoms with Crippen LogP contribution >= 0.6 is 11.3 Å². The van der Waals surface area contributed by atoms with Gasteiger partial charge in [0.15, 0.2) is 5.82 Å². The van der Waals surface area contributed by atoms with Gasteiger partial charge in [-0.1, -0.05) is 25.2 Å². The maximum atomic E-state index is 5.41. The second-order valence-corrected chi connectivity index (χ2v) is 6.28. The topological polar surface area (TPSA) is 64.3 Å². The molecule has 0 spiro atoms. The average Bonchev–Trinajstić information content (AvgIpc) is 3.05. The van der Waals surface area contributed by atoms with Gasteiger partial charge in [-0.2, -0.15) is 9.61 Å². The molecule has 1 aliphatic heterocycles. The normalized spacial score (nSPS) is 18.7. The Balaban J connectivity index is 1.82. The zero-order valence-electron chi connectivity index (χ0n) is 12.0. The minimum Gasteiger partial charge on any atom is -0.381 e. The highest BCUT2D eigenvalue weighted by molar-refractivity contribution is 7.16. The third kappa shape index (κ3) is 2.70. The first-order chi connectivity index (χ1) is 9.79. The van der Waals surface area contributed by atoms with Crippen LogP contribution in [0.4, 0.5) is 0 Å². The minimum absolute atomic E-state index is 0.407. The summed E-state index contributed by atoms with van der Waals surface area (Å²) in [5, 5.41) is 17.8. The van der Waals surface area contributed by atoms with Crippen LogP contribution in [-0.4, -0.2) is 46.1 Å². The first kappa shape index (κ1) is 13.9. The summed E-state index contributed by atoms with van der Waals surface area (Å²) >= 11 is 1.65. The lowest BCUT2D eigenvalue weighted by Gasteiger charge is -2.19. The highest BCUT2D eigenvalue weighted by atomic mass is 32.1. The predicted molar refractivity (Wildman–Crippen MR) is 78.4 cm³/mol. The van der Waals surface area contributed by atoms with Crippen LogP contribution in [0.2, 0.25) is 0 Å². The maximum absolute atomic E-state index is 5.41. The Labute approximate surface area is 122 Å². The lowest BCUT2D eigenvalue weighted by atomic mass is 10.00. The van der Waals surface area contributed by atoms with Crippen LogP contribution in [0.1, 0.15) is 49.4 Å². The Bertz CT molecular complexity index is 560. The van der Waals surface area contributed by atoms with E-state index in [4.69, 9.17) is 9.84 Å². The molecule has 6 nitrogen and oxygen atoms in total. The van der Waals surface area contributed by atoms with Gasteiger partial charge in [-0.3, -0.25) is 0 Å². The number of ether oxygens (including phenoxy) is 1. The molecule has 1 atom stereocenters. The van der Waals surface area contributed by atoms with Crippen molar-refractivity contribution in [1.29, 1.82) is 0 Å². The van der Waals surface area contributed by atoms with Crippen molar-refractivity contribution >= 4 is 16.3 Å². The zero-order valence-corrected chi connectivity index (χ0v) is 12.8. The Morgan fingerprint density at radius 1 is 1.40 bits per heavy atom. The van der Waals surface area contributed by atoms with E-state index in [0.29, 0.717) is 11.8 Å². The quantitative estimate of drug-likeness (QED) is 0.911. The molecule has 2 aromatic heterocycles. The van der Waals surface area contributed by atoms with Crippen molar-refractivity contribution in [3.05, 3.63) is 10.8 Å². The Kier molecular flexibility index (Phi) is 4.28. The molecule has 1 fully saturated rings. The number of nitrogens with zero attached hydrogens (tertiary/aromatic N) is 4. The Hall–Kier alpha value is -1.05. The van der Waals surface area contributed by atoms with Crippen LogP contribution < -0.4 is 5.32 Å². The van der Waals surface area contributed by atoms with E-state index < -0.39 is 0 Å². The fourth-order valence-corrected chi connectivity index (χ4v) is 3.40. The highest BCUT2D eigenvalue weighted by Gasteiger charge is 2.24. The lowest BCUT2D eigenvalue weighted by molar-refractivity contribution is 0.0831. The molecule has 3 heterocycles. The second kappa shape index (κ2) is 6.15. The molecule has 0 amide bonds. The van der Waals surface area contributed by atoms with Gasteiger partial charge in [0.25, 0.3) is 0 Å². The van der Waals surface area contributed by atoms with Crippen molar-refractivity contribution in [2.75, 3.05) is 26.3 Å². The highest BCUT2D eigenvalue weighted by Crippen LogP contribution is 2.28. The summed E-state index contributed by atoms with van der Waals surface area (Å²) in [7, 11) is 0. The van der Waals surface area contributed by atoms with Crippen LogP contribution in [0.25, 0.3) is 4.96 Å². The molecule has 3 rings (SSSR count). The predicted octanol–water partition coefficient (Wildman–Crippen LogP) is 1.79. The number of nitrogens with one attached hydrogen (secondary N) is 1. The molecular formula is C13H21N5OS. The monoisotopic (exact) mass is 295 g/mol. The van der Waals surface area contributed by atoms with Gasteiger partial charge in [0.2, 0.25) is 4.96 Å². The first-order valence-corrected chi connectivity index (χ1v) is 8.11. The second-order valence-electron chi connectivity index (χ2n) is 5.29. The molecule has 0 saturated carbocycles. The van der Waals surface area contributed by atoms with Gasteiger partial charge in [-0.25, -0.2) is 0 Å². The lowest BCUT2D eigenvalue weighted by Crippen LogP contribution is -2.19. The largest absolute Gasteiger partial charge is 0.381 e. The molecule has 0 bridgehead atoms. The Morgan fingerprint density at radius 2 is 2.20 bits per heavy atom. The summed E-state index contributed by atoms with van der Waals surface area (Å²) in [4.78, 5) is 0.907. The van der Waals surface area contributed by atoms with E-state index in [1.165, 1.54) is 0 Å². The van der Waals surface area contributed by atoms with E-state index in [1.54, 1.807) is 11.3 Å². The van der Waals surface area contributed by atoms with Crippen molar-refractivity contribution in [3.8, 4) is 0 Å². The SMILES string of the molecule is CCNCC(C)c1nn2c(C3CCOCC3)nnc2s1. The summed E-state index contributed by atoms with van der Waals surface area (Å²) in [5.41, 5.74) is 0. The number of fused-ring (bicyclic) bond motifs is 1. The van der Waals surface area contributed by atoms with Gasteiger partial charge in [-0.05, 0) is 19.4 Å². The summed E-state index contributed by atoms with van der Waals surface area (Å²) in [6.07, 6.45) is 2.03. The van der Waals surface area contributed by atoms with E-state index >= 15 is 0 Å². The van der Waals surface area contributed by atoms with Crippen molar-refractivity contribution in [2.45, 2.75) is 38.5 Å². The molecule has 0 radical (unpaired) electrons. The van der Waals surface area contributed by atoms with Crippen LogP contribution in [-0.2, 0) is 4.74 Å². The van der Waals surface area contributed by atoms with Crippen molar-refractivity contribution in [1.82, 2.24) is 25.1 Å². The van der Waals surface area contributed by atoms with Gasteiger partial charge in [0.1, 0.15) is 5.01 Å². The van der Waals surface area contributed by atoms with Crippen LogP contribution in [0.5, 0.6) is 0 Å². The average molecular weight is 295 g/mol. The molecular weight excluding hydrogens is 274 g/mol. The van der Waals surface area contributed by atoms with Crippen LogP contribution in [0.15, 0.2) is 0 Å². The van der Waals surface area contributed by atoms with Crippen molar-refractivity contribution in [3.63, 3.8) is 0 Å². The minimum atomic E-state index is 0.407. The van der Waals surface area contributed by atoms with E-state index in [9.17, 15) is 0 Å². The molecule has 2 aromatic rings. The number of hydrogen-bond acceptors (Lipinski definition) is 6. The maximum Gasteiger partial charge on any atom is 0.234 e. The molecule has 1 aliphatic rings. The van der Waals surface area contributed by atoms with Crippen molar-refractivity contribution in [2.24, 2.45) is 0 Å². The van der Waals surface area contributed by atoms with Gasteiger partial charge in [0, 0.05) is 31.6 Å². The molecule has 110 valence electrons. The molecule has 20 heavy (non-hydrogen) atoms. The molecule has 1 saturated heterocycles. The molecule has 0 aromatic carbocycles. The molecule has 7 heteroatoms. The summed E-state index contributed by atoms with van der Waals surface area (Å²) in [6, 6.07) is 0. The summed E-state index contributed by atoms with van der Waals surface area (Å²) in [5.74, 6) is 1.84. The van der Waals surface area contributed by atoms with Gasteiger partial charge >= 0.3 is 0 Å². The standard InChI is InChI=1S/C13H21N5OS/c1-3-14-8-9(2)12-17-18-11(15-16-13(18)20-12)10-4-6-19-7-5-10/h9-10,14H,3-8H2,1-2H3. The van der Waals surface area contributed by atoms with E-state index in [2.05, 4.69) is 29.4 Å². The van der Waals surface area contributed by atoms with Gasteiger partial charge in [-0.15, -0.1) is 10.2 Å². The fourth-order valence-electron chi connectivity index (χ4n) is 2.50. The summed E-state index contributed by atoms with van der Waals surface area (Å²) in [6.45, 7) is 7.88. The van der Waals surface area contributed by atoms with E-state index in [1.807, 2.05) is 4.52 Å². The first-order valence-electron chi connectivity index (χ1n) is 7.30. The van der Waals surface area contributed by atoms with Crippen LogP contribution in [0.3, 0.4) is 0 Å². The van der Waals surface area contributed by atoms with E-state index in [-0.39, 0.29) is 0 Å². The van der Waals surface area contributed by atoms with Crippen LogP contribution in [0, 0.1) is 0 Å². The van der Waals surface area contributed by atoms with Gasteiger partial charge < -0.3 is 10.1 Å². The van der Waals surface area contributed by atoms with E-state index in [0.717, 1.165) is 54.9 Å². The van der Waals surface area contributed by atoms with Gasteiger partial charge in [0.05, 0.1) is 0 Å². The fraction of sp³-hybridized carbons (Fsp3) is 0.769. The molecule has 1 N–H and O–H groups in total. The molecule has 1 unspecified atom stereocenters. The smallest absolute Gasteiger partial charge is 0.234 e. The molecule has 0 aliphatic carbocycles. The zero-order chi connectivity index (χ0) is 13.9. The number of likely N-dealkylation sites (N-methyl/N-ethyl adjacent to an activating group) is 1. The number of aromatic nitrogens is 4. The summed E-state index contributed by atoms with van der Waals surface area (Å²) < 4.78 is 7.36. The number of hydrogen-bond donors (Lipinski definition) is 1. The third-order valence-corrected chi connectivity index (χ3v) is 4.87. The third-order valence-electron chi connectivity index (χ3n) is 3.74. The Morgan fingerprint density at radius 3 is 2.95 bits per heavy atom. The number of rotatable bonds is 5.